The lowest BCUT2D eigenvalue weighted by atomic mass is 9.93. The van der Waals surface area contributed by atoms with Gasteiger partial charge in [0, 0.05) is 38.3 Å². The molecule has 3 aromatic rings. The summed E-state index contributed by atoms with van der Waals surface area (Å²) < 4.78 is 0. The number of aromatic hydroxyl groups is 1. The second-order valence-electron chi connectivity index (χ2n) is 8.09. The minimum atomic E-state index is -0.249. The lowest BCUT2D eigenvalue weighted by molar-refractivity contribution is -0.0937. The molecule has 9 heteroatoms. The van der Waals surface area contributed by atoms with Crippen molar-refractivity contribution in [3.05, 3.63) is 59.7 Å². The standard InChI is InChI=1S/C23H26N6O3/c30-15-20-19-7-2-1-4-16(19)8-9-29(20)23-25-21(17-5-3-6-18(31)14-17)24-22(26-23)27-10-12-28(32)13-11-27/h1-7,14,20,30-32H,8-13,15H2. The summed E-state index contributed by atoms with van der Waals surface area (Å²) in [7, 11) is 0. The number of nitrogens with zero attached hydrogens (tertiary/aromatic N) is 6. The number of fused-ring (bicyclic) bond motifs is 1. The first-order valence-electron chi connectivity index (χ1n) is 10.8. The first-order valence-corrected chi connectivity index (χ1v) is 10.8. The highest BCUT2D eigenvalue weighted by atomic mass is 16.5. The highest BCUT2D eigenvalue weighted by Gasteiger charge is 2.30. The minimum absolute atomic E-state index is 0.0529. The SMILES string of the molecule is OCC1c2ccccc2CCN1c1nc(-c2cccc(O)c2)nc(N2CCN(O)CC2)n1. The Morgan fingerprint density at radius 1 is 0.875 bits per heavy atom. The van der Waals surface area contributed by atoms with Crippen LogP contribution in [0.1, 0.15) is 17.2 Å². The van der Waals surface area contributed by atoms with Gasteiger partial charge in [-0.1, -0.05) is 36.4 Å². The van der Waals surface area contributed by atoms with Crippen molar-refractivity contribution in [2.75, 3.05) is 49.1 Å². The van der Waals surface area contributed by atoms with Crippen LogP contribution >= 0.6 is 0 Å². The smallest absolute Gasteiger partial charge is 0.231 e. The third-order valence-electron chi connectivity index (χ3n) is 6.10. The molecule has 1 aromatic heterocycles. The zero-order valence-electron chi connectivity index (χ0n) is 17.7. The summed E-state index contributed by atoms with van der Waals surface area (Å²) in [5.74, 6) is 1.62. The fourth-order valence-corrected chi connectivity index (χ4v) is 4.38. The van der Waals surface area contributed by atoms with Gasteiger partial charge in [0.15, 0.2) is 5.82 Å². The highest BCUT2D eigenvalue weighted by Crippen LogP contribution is 2.33. The van der Waals surface area contributed by atoms with E-state index in [-0.39, 0.29) is 18.4 Å². The van der Waals surface area contributed by atoms with E-state index in [0.29, 0.717) is 56.0 Å². The number of piperazine rings is 1. The molecule has 1 saturated heterocycles. The summed E-state index contributed by atoms with van der Waals surface area (Å²) in [6, 6.07) is 14.7. The molecule has 0 spiro atoms. The molecule has 2 aromatic carbocycles. The second kappa shape index (κ2) is 8.70. The maximum absolute atomic E-state index is 10.2. The zero-order valence-corrected chi connectivity index (χ0v) is 17.7. The molecule has 3 N–H and O–H groups in total. The van der Waals surface area contributed by atoms with Gasteiger partial charge in [-0.25, -0.2) is 0 Å². The van der Waals surface area contributed by atoms with E-state index in [1.807, 2.05) is 34.1 Å². The summed E-state index contributed by atoms with van der Waals surface area (Å²) in [5, 5.41) is 31.3. The molecule has 2 aliphatic rings. The number of hydrogen-bond donors (Lipinski definition) is 3. The Balaban J connectivity index is 1.58. The van der Waals surface area contributed by atoms with Gasteiger partial charge in [-0.2, -0.15) is 20.0 Å². The molecule has 9 nitrogen and oxygen atoms in total. The Kier molecular flexibility index (Phi) is 5.60. The van der Waals surface area contributed by atoms with E-state index in [1.54, 1.807) is 18.2 Å². The molecule has 1 fully saturated rings. The topological polar surface area (TPSA) is 109 Å². The van der Waals surface area contributed by atoms with Crippen molar-refractivity contribution in [3.8, 4) is 17.1 Å². The van der Waals surface area contributed by atoms with Crippen LogP contribution in [0.3, 0.4) is 0 Å². The molecule has 3 heterocycles. The molecular formula is C23H26N6O3. The van der Waals surface area contributed by atoms with Crippen LogP contribution in [-0.2, 0) is 6.42 Å². The number of anilines is 2. The Bertz CT molecular complexity index is 1100. The van der Waals surface area contributed by atoms with Crippen molar-refractivity contribution >= 4 is 11.9 Å². The van der Waals surface area contributed by atoms with E-state index in [1.165, 1.54) is 10.6 Å². The molecule has 0 aliphatic carbocycles. The summed E-state index contributed by atoms with van der Waals surface area (Å²) >= 11 is 0. The van der Waals surface area contributed by atoms with Crippen molar-refractivity contribution in [1.29, 1.82) is 0 Å². The molecule has 2 aliphatic heterocycles. The predicted molar refractivity (Wildman–Crippen MR) is 120 cm³/mol. The Labute approximate surface area is 186 Å². The lowest BCUT2D eigenvalue weighted by Gasteiger charge is -2.37. The Morgan fingerprint density at radius 3 is 2.44 bits per heavy atom. The van der Waals surface area contributed by atoms with E-state index in [4.69, 9.17) is 9.97 Å². The number of rotatable bonds is 4. The zero-order chi connectivity index (χ0) is 22.1. The first-order chi connectivity index (χ1) is 15.6. The number of phenolic OH excluding ortho intramolecular Hbond substituents is 1. The van der Waals surface area contributed by atoms with Crippen LogP contribution in [0.5, 0.6) is 5.75 Å². The van der Waals surface area contributed by atoms with Gasteiger partial charge in [0.1, 0.15) is 5.75 Å². The third-order valence-corrected chi connectivity index (χ3v) is 6.10. The maximum Gasteiger partial charge on any atom is 0.231 e. The van der Waals surface area contributed by atoms with E-state index in [2.05, 4.69) is 11.1 Å². The average molecular weight is 435 g/mol. The van der Waals surface area contributed by atoms with Gasteiger partial charge in [-0.15, -0.1) is 0 Å². The van der Waals surface area contributed by atoms with Crippen LogP contribution in [0, 0.1) is 0 Å². The fraction of sp³-hybridized carbons (Fsp3) is 0.348. The third kappa shape index (κ3) is 3.97. The average Bonchev–Trinajstić information content (AvgIpc) is 2.83. The van der Waals surface area contributed by atoms with Gasteiger partial charge in [0.05, 0.1) is 12.6 Å². The van der Waals surface area contributed by atoms with Crippen molar-refractivity contribution in [1.82, 2.24) is 20.0 Å². The first kappa shape index (κ1) is 20.6. The Hall–Kier alpha value is -3.27. The lowest BCUT2D eigenvalue weighted by Crippen LogP contribution is -2.46. The predicted octanol–water partition coefficient (Wildman–Crippen LogP) is 1.85. The molecule has 166 valence electrons. The number of phenols is 1. The molecular weight excluding hydrogens is 408 g/mol. The van der Waals surface area contributed by atoms with Crippen LogP contribution in [0.2, 0.25) is 0 Å². The van der Waals surface area contributed by atoms with E-state index in [9.17, 15) is 15.4 Å². The Morgan fingerprint density at radius 2 is 1.66 bits per heavy atom. The molecule has 5 rings (SSSR count). The highest BCUT2D eigenvalue weighted by molar-refractivity contribution is 5.61. The number of hydroxylamine groups is 2. The van der Waals surface area contributed by atoms with Crippen LogP contribution in [0.4, 0.5) is 11.9 Å². The molecule has 0 radical (unpaired) electrons. The van der Waals surface area contributed by atoms with Crippen molar-refractivity contribution in [2.45, 2.75) is 12.5 Å². The van der Waals surface area contributed by atoms with E-state index < -0.39 is 0 Å². The number of hydrogen-bond acceptors (Lipinski definition) is 9. The summed E-state index contributed by atoms with van der Waals surface area (Å²) in [5.41, 5.74) is 2.99. The number of aliphatic hydroxyl groups is 1. The number of benzene rings is 2. The van der Waals surface area contributed by atoms with Gasteiger partial charge in [-0.3, -0.25) is 0 Å². The minimum Gasteiger partial charge on any atom is -0.508 e. The van der Waals surface area contributed by atoms with Crippen LogP contribution in [-0.4, -0.2) is 74.8 Å². The second-order valence-corrected chi connectivity index (χ2v) is 8.09. The van der Waals surface area contributed by atoms with Gasteiger partial charge >= 0.3 is 0 Å². The van der Waals surface area contributed by atoms with Gasteiger partial charge in [0.25, 0.3) is 0 Å². The number of aromatic nitrogens is 3. The molecule has 1 unspecified atom stereocenters. The quantitative estimate of drug-likeness (QED) is 0.567. The van der Waals surface area contributed by atoms with Gasteiger partial charge in [-0.05, 0) is 29.7 Å². The van der Waals surface area contributed by atoms with Crippen LogP contribution in [0.25, 0.3) is 11.4 Å². The normalized spacial score (nSPS) is 19.1. The monoisotopic (exact) mass is 434 g/mol. The molecule has 1 atom stereocenters. The summed E-state index contributed by atoms with van der Waals surface area (Å²) in [6.45, 7) is 2.80. The molecule has 0 amide bonds. The number of aliphatic hydroxyl groups excluding tert-OH is 1. The van der Waals surface area contributed by atoms with Crippen LogP contribution < -0.4 is 9.80 Å². The molecule has 0 saturated carbocycles. The van der Waals surface area contributed by atoms with Crippen molar-refractivity contribution in [2.24, 2.45) is 0 Å². The van der Waals surface area contributed by atoms with Crippen molar-refractivity contribution < 1.29 is 15.4 Å². The summed E-state index contributed by atoms with van der Waals surface area (Å²) in [6.07, 6.45) is 0.832. The molecule has 0 bridgehead atoms. The fourth-order valence-electron chi connectivity index (χ4n) is 4.38. The van der Waals surface area contributed by atoms with Crippen LogP contribution in [0.15, 0.2) is 48.5 Å². The van der Waals surface area contributed by atoms with Crippen molar-refractivity contribution in [3.63, 3.8) is 0 Å². The summed E-state index contributed by atoms with van der Waals surface area (Å²) in [4.78, 5) is 18.3. The molecule has 32 heavy (non-hydrogen) atoms. The largest absolute Gasteiger partial charge is 0.508 e. The van der Waals surface area contributed by atoms with Gasteiger partial charge in [0.2, 0.25) is 11.9 Å². The van der Waals surface area contributed by atoms with Gasteiger partial charge < -0.3 is 25.2 Å². The van der Waals surface area contributed by atoms with E-state index in [0.717, 1.165) is 12.0 Å². The maximum atomic E-state index is 10.2. The van der Waals surface area contributed by atoms with E-state index >= 15 is 0 Å².